The lowest BCUT2D eigenvalue weighted by Gasteiger charge is -2.17. The first-order valence-electron chi connectivity index (χ1n) is 9.65. The quantitative estimate of drug-likeness (QED) is 0.209. The van der Waals surface area contributed by atoms with E-state index in [2.05, 4.69) is 21.7 Å². The molecular weight excluding hydrogens is 471 g/mol. The van der Waals surface area contributed by atoms with Crippen LogP contribution >= 0.6 is 24.0 Å². The van der Waals surface area contributed by atoms with Crippen molar-refractivity contribution in [3.8, 4) is 0 Å². The summed E-state index contributed by atoms with van der Waals surface area (Å²) in [5.41, 5.74) is 2.33. The molecule has 8 heteroatoms. The van der Waals surface area contributed by atoms with Crippen molar-refractivity contribution in [3.63, 3.8) is 0 Å². The number of fused-ring (bicyclic) bond motifs is 1. The maximum absolute atomic E-state index is 12.5. The van der Waals surface area contributed by atoms with Crippen molar-refractivity contribution in [1.29, 1.82) is 0 Å². The number of hydrogen-bond acceptors (Lipinski definition) is 4. The van der Waals surface area contributed by atoms with E-state index in [0.29, 0.717) is 32.8 Å². The molecule has 2 N–H and O–H groups in total. The molecule has 1 aliphatic heterocycles. The lowest BCUT2D eigenvalue weighted by Crippen LogP contribution is -2.39. The molecule has 28 heavy (non-hydrogen) atoms. The fourth-order valence-corrected chi connectivity index (χ4v) is 3.02. The van der Waals surface area contributed by atoms with Crippen molar-refractivity contribution in [3.05, 3.63) is 29.8 Å². The van der Waals surface area contributed by atoms with Gasteiger partial charge in [0.25, 0.3) is 0 Å². The molecular formula is C20H33IN4O3. The van der Waals surface area contributed by atoms with E-state index in [1.54, 1.807) is 14.2 Å². The van der Waals surface area contributed by atoms with Gasteiger partial charge in [-0.05, 0) is 30.9 Å². The van der Waals surface area contributed by atoms with Gasteiger partial charge in [-0.25, -0.2) is 0 Å². The number of ether oxygens (including phenoxy) is 2. The van der Waals surface area contributed by atoms with E-state index >= 15 is 0 Å². The summed E-state index contributed by atoms with van der Waals surface area (Å²) in [7, 11) is 3.41. The van der Waals surface area contributed by atoms with Crippen LogP contribution in [0.5, 0.6) is 0 Å². The Labute approximate surface area is 185 Å². The fraction of sp³-hybridized carbons (Fsp3) is 0.600. The van der Waals surface area contributed by atoms with Gasteiger partial charge < -0.3 is 25.0 Å². The molecule has 7 nitrogen and oxygen atoms in total. The van der Waals surface area contributed by atoms with Crippen LogP contribution in [0.3, 0.4) is 0 Å². The molecule has 0 spiro atoms. The number of nitrogens with zero attached hydrogens (tertiary/aromatic N) is 2. The minimum atomic E-state index is 0. The van der Waals surface area contributed by atoms with E-state index in [9.17, 15) is 4.79 Å². The Morgan fingerprint density at radius 3 is 2.64 bits per heavy atom. The summed E-state index contributed by atoms with van der Waals surface area (Å²) >= 11 is 0. The first-order valence-corrected chi connectivity index (χ1v) is 9.65. The third kappa shape index (κ3) is 8.32. The maximum Gasteiger partial charge on any atom is 0.227 e. The number of nitrogens with one attached hydrogen (secondary N) is 2. The summed E-state index contributed by atoms with van der Waals surface area (Å²) < 4.78 is 10.3. The third-order valence-corrected chi connectivity index (χ3v) is 4.46. The molecule has 2 rings (SSSR count). The second-order valence-corrected chi connectivity index (χ2v) is 6.41. The smallest absolute Gasteiger partial charge is 0.227 e. The predicted octanol–water partition coefficient (Wildman–Crippen LogP) is 2.19. The number of para-hydroxylation sites is 1. The highest BCUT2D eigenvalue weighted by Gasteiger charge is 2.23. The van der Waals surface area contributed by atoms with Crippen molar-refractivity contribution in [2.45, 2.75) is 25.7 Å². The molecule has 0 saturated heterocycles. The number of hydrogen-bond donors (Lipinski definition) is 2. The van der Waals surface area contributed by atoms with Crippen LogP contribution in [0.4, 0.5) is 5.69 Å². The number of amides is 1. The molecule has 0 radical (unpaired) electrons. The Balaban J connectivity index is 0.00000392. The summed E-state index contributed by atoms with van der Waals surface area (Å²) in [4.78, 5) is 18.6. The highest BCUT2D eigenvalue weighted by atomic mass is 127. The van der Waals surface area contributed by atoms with Gasteiger partial charge in [-0.1, -0.05) is 18.2 Å². The topological polar surface area (TPSA) is 75.2 Å². The fourth-order valence-electron chi connectivity index (χ4n) is 3.02. The van der Waals surface area contributed by atoms with E-state index in [1.807, 2.05) is 23.1 Å². The summed E-state index contributed by atoms with van der Waals surface area (Å²) in [5.74, 6) is 0.948. The Morgan fingerprint density at radius 2 is 1.89 bits per heavy atom. The first-order chi connectivity index (χ1) is 13.3. The summed E-state index contributed by atoms with van der Waals surface area (Å²) in [5, 5.41) is 6.50. The number of carbonyl (C=O) groups is 1. The van der Waals surface area contributed by atoms with Crippen LogP contribution in [-0.2, 0) is 20.7 Å². The van der Waals surface area contributed by atoms with Gasteiger partial charge in [-0.2, -0.15) is 0 Å². The minimum absolute atomic E-state index is 0. The second-order valence-electron chi connectivity index (χ2n) is 6.41. The van der Waals surface area contributed by atoms with Crippen molar-refractivity contribution in [1.82, 2.24) is 10.6 Å². The largest absolute Gasteiger partial charge is 0.382 e. The molecule has 0 bridgehead atoms. The van der Waals surface area contributed by atoms with Crippen LogP contribution in [0.15, 0.2) is 29.3 Å². The van der Waals surface area contributed by atoms with Crippen molar-refractivity contribution < 1.29 is 14.3 Å². The van der Waals surface area contributed by atoms with E-state index in [1.165, 1.54) is 5.56 Å². The number of guanidine groups is 1. The van der Waals surface area contributed by atoms with Gasteiger partial charge in [0, 0.05) is 52.5 Å². The zero-order valence-corrected chi connectivity index (χ0v) is 19.2. The van der Waals surface area contributed by atoms with Gasteiger partial charge in [0.15, 0.2) is 5.96 Å². The standard InChI is InChI=1S/C20H32N4O3.HI/c1-21-20(23-12-6-14-27-16-15-26-2)22-11-5-9-19(25)24-13-10-17-7-3-4-8-18(17)24;/h3-4,7-8H,5-6,9-16H2,1-2H3,(H2,21,22,23);1H. The molecule has 0 saturated carbocycles. The van der Waals surface area contributed by atoms with E-state index in [4.69, 9.17) is 9.47 Å². The number of aliphatic imine (C=N–C) groups is 1. The average molecular weight is 504 g/mol. The SMILES string of the molecule is CN=C(NCCCOCCOC)NCCCC(=O)N1CCc2ccccc21.I. The monoisotopic (exact) mass is 504 g/mol. The molecule has 0 fully saturated rings. The third-order valence-electron chi connectivity index (χ3n) is 4.46. The van der Waals surface area contributed by atoms with Crippen LogP contribution in [0.1, 0.15) is 24.8 Å². The molecule has 1 aliphatic rings. The van der Waals surface area contributed by atoms with Crippen molar-refractivity contribution in [2.75, 3.05) is 58.5 Å². The Hall–Kier alpha value is -1.39. The maximum atomic E-state index is 12.5. The Bertz CT molecular complexity index is 613. The number of rotatable bonds is 11. The Morgan fingerprint density at radius 1 is 1.14 bits per heavy atom. The molecule has 0 aliphatic carbocycles. The van der Waals surface area contributed by atoms with Crippen molar-refractivity contribution in [2.24, 2.45) is 4.99 Å². The van der Waals surface area contributed by atoms with Gasteiger partial charge in [0.05, 0.1) is 13.2 Å². The molecule has 1 aromatic rings. The van der Waals surface area contributed by atoms with Gasteiger partial charge in [0.1, 0.15) is 0 Å². The van der Waals surface area contributed by atoms with Crippen LogP contribution in [0.2, 0.25) is 0 Å². The van der Waals surface area contributed by atoms with Gasteiger partial charge in [-0.3, -0.25) is 9.79 Å². The van der Waals surface area contributed by atoms with E-state index < -0.39 is 0 Å². The number of benzene rings is 1. The van der Waals surface area contributed by atoms with Gasteiger partial charge >= 0.3 is 0 Å². The Kier molecular flexibility index (Phi) is 12.8. The first kappa shape index (κ1) is 24.6. The number of methoxy groups -OCH3 is 1. The normalized spacial score (nSPS) is 13.1. The predicted molar refractivity (Wildman–Crippen MR) is 124 cm³/mol. The molecule has 0 aromatic heterocycles. The highest BCUT2D eigenvalue weighted by molar-refractivity contribution is 14.0. The average Bonchev–Trinajstić information content (AvgIpc) is 3.13. The van der Waals surface area contributed by atoms with Crippen LogP contribution in [0, 0.1) is 0 Å². The molecule has 1 amide bonds. The van der Waals surface area contributed by atoms with E-state index in [0.717, 1.165) is 44.0 Å². The summed E-state index contributed by atoms with van der Waals surface area (Å²) in [6.07, 6.45) is 3.16. The zero-order chi connectivity index (χ0) is 19.3. The van der Waals surface area contributed by atoms with Crippen molar-refractivity contribution >= 4 is 41.5 Å². The van der Waals surface area contributed by atoms with Crippen LogP contribution < -0.4 is 15.5 Å². The minimum Gasteiger partial charge on any atom is -0.382 e. The van der Waals surface area contributed by atoms with E-state index in [-0.39, 0.29) is 29.9 Å². The molecule has 158 valence electrons. The molecule has 1 heterocycles. The van der Waals surface area contributed by atoms with Crippen LogP contribution in [-0.4, -0.2) is 65.5 Å². The van der Waals surface area contributed by atoms with Crippen LogP contribution in [0.25, 0.3) is 0 Å². The molecule has 0 unspecified atom stereocenters. The highest BCUT2D eigenvalue weighted by Crippen LogP contribution is 2.27. The summed E-state index contributed by atoms with van der Waals surface area (Å²) in [6.45, 7) is 4.24. The lowest BCUT2D eigenvalue weighted by atomic mass is 10.2. The second kappa shape index (κ2) is 14.6. The van der Waals surface area contributed by atoms with Gasteiger partial charge in [-0.15, -0.1) is 24.0 Å². The number of anilines is 1. The lowest BCUT2D eigenvalue weighted by molar-refractivity contribution is -0.118. The zero-order valence-electron chi connectivity index (χ0n) is 16.9. The number of halogens is 1. The summed E-state index contributed by atoms with van der Waals surface area (Å²) in [6, 6.07) is 8.15. The number of carbonyl (C=O) groups excluding carboxylic acids is 1. The van der Waals surface area contributed by atoms with Gasteiger partial charge in [0.2, 0.25) is 5.91 Å². The molecule has 0 atom stereocenters. The molecule has 1 aromatic carbocycles.